The smallest absolute Gasteiger partial charge is 0.200 e. The Kier molecular flexibility index (Phi) is 2.28. The molecule has 0 atom stereocenters. The zero-order valence-corrected chi connectivity index (χ0v) is 9.81. The van der Waals surface area contributed by atoms with Gasteiger partial charge in [0.2, 0.25) is 0 Å². The molecule has 88 valence electrons. The summed E-state index contributed by atoms with van der Waals surface area (Å²) in [6, 6.07) is 6.26. The Morgan fingerprint density at radius 2 is 2.29 bits per heavy atom. The summed E-state index contributed by atoms with van der Waals surface area (Å²) in [5.41, 5.74) is 9.19. The van der Waals surface area contributed by atoms with Crippen molar-refractivity contribution in [2.75, 3.05) is 12.3 Å². The highest BCUT2D eigenvalue weighted by molar-refractivity contribution is 5.64. The Bertz CT molecular complexity index is 560. The minimum atomic E-state index is 0.536. The Morgan fingerprint density at radius 1 is 1.41 bits per heavy atom. The molecule has 0 amide bonds. The molecule has 2 aromatic rings. The van der Waals surface area contributed by atoms with Crippen molar-refractivity contribution in [2.45, 2.75) is 12.8 Å². The minimum Gasteiger partial charge on any atom is -0.493 e. The molecule has 4 heteroatoms. The van der Waals surface area contributed by atoms with Crippen LogP contribution in [-0.2, 0) is 13.5 Å². The number of nitrogens with two attached hydrogens (primary N) is 1. The maximum atomic E-state index is 5.74. The van der Waals surface area contributed by atoms with Crippen LogP contribution in [0.1, 0.15) is 12.0 Å². The summed E-state index contributed by atoms with van der Waals surface area (Å²) in [7, 11) is 1.92. The standard InChI is InChI=1S/C13H15N3O/c1-16-11(8-15-13(16)14)9-4-5-12-10(7-9)3-2-6-17-12/h4-5,7-8H,2-3,6H2,1H3,(H2,14,15). The largest absolute Gasteiger partial charge is 0.493 e. The van der Waals surface area contributed by atoms with Crippen LogP contribution in [0.25, 0.3) is 11.3 Å². The second-order valence-corrected chi connectivity index (χ2v) is 4.34. The van der Waals surface area contributed by atoms with Gasteiger partial charge in [0, 0.05) is 12.6 Å². The van der Waals surface area contributed by atoms with E-state index in [2.05, 4.69) is 17.1 Å². The van der Waals surface area contributed by atoms with Crippen LogP contribution in [0, 0.1) is 0 Å². The predicted molar refractivity (Wildman–Crippen MR) is 66.9 cm³/mol. The van der Waals surface area contributed by atoms with E-state index in [0.717, 1.165) is 36.5 Å². The summed E-state index contributed by atoms with van der Waals surface area (Å²) in [5.74, 6) is 1.55. The van der Waals surface area contributed by atoms with Gasteiger partial charge in [0.05, 0.1) is 18.5 Å². The van der Waals surface area contributed by atoms with Crippen LogP contribution in [0.2, 0.25) is 0 Å². The lowest BCUT2D eigenvalue weighted by Gasteiger charge is -2.17. The number of rotatable bonds is 1. The number of fused-ring (bicyclic) bond motifs is 1. The van der Waals surface area contributed by atoms with Crippen LogP contribution >= 0.6 is 0 Å². The highest BCUT2D eigenvalue weighted by Gasteiger charge is 2.13. The molecule has 1 aliphatic rings. The molecule has 0 bridgehead atoms. The lowest BCUT2D eigenvalue weighted by molar-refractivity contribution is 0.288. The highest BCUT2D eigenvalue weighted by Crippen LogP contribution is 2.30. The van der Waals surface area contributed by atoms with Gasteiger partial charge in [0.25, 0.3) is 0 Å². The Morgan fingerprint density at radius 3 is 3.06 bits per heavy atom. The maximum Gasteiger partial charge on any atom is 0.200 e. The molecule has 0 aliphatic carbocycles. The lowest BCUT2D eigenvalue weighted by Crippen LogP contribution is -2.08. The summed E-state index contributed by atoms with van der Waals surface area (Å²) >= 11 is 0. The summed E-state index contributed by atoms with van der Waals surface area (Å²) < 4.78 is 7.50. The quantitative estimate of drug-likeness (QED) is 0.813. The van der Waals surface area contributed by atoms with E-state index in [1.807, 2.05) is 17.7 Å². The van der Waals surface area contributed by atoms with E-state index in [0.29, 0.717) is 5.95 Å². The van der Waals surface area contributed by atoms with E-state index >= 15 is 0 Å². The van der Waals surface area contributed by atoms with Gasteiger partial charge in [-0.15, -0.1) is 0 Å². The van der Waals surface area contributed by atoms with Crippen molar-refractivity contribution in [3.8, 4) is 17.0 Å². The number of hydrogen-bond donors (Lipinski definition) is 1. The third kappa shape index (κ3) is 1.65. The molecular formula is C13H15N3O. The van der Waals surface area contributed by atoms with Crippen molar-refractivity contribution in [3.05, 3.63) is 30.0 Å². The molecule has 2 N–H and O–H groups in total. The van der Waals surface area contributed by atoms with E-state index in [9.17, 15) is 0 Å². The fraction of sp³-hybridized carbons (Fsp3) is 0.308. The molecule has 1 aromatic heterocycles. The number of hydrogen-bond acceptors (Lipinski definition) is 3. The van der Waals surface area contributed by atoms with Gasteiger partial charge in [-0.3, -0.25) is 0 Å². The van der Waals surface area contributed by atoms with Gasteiger partial charge in [0.15, 0.2) is 5.95 Å². The van der Waals surface area contributed by atoms with Crippen molar-refractivity contribution in [1.82, 2.24) is 9.55 Å². The molecule has 0 unspecified atom stereocenters. The molecule has 0 fully saturated rings. The first-order valence-corrected chi connectivity index (χ1v) is 5.79. The predicted octanol–water partition coefficient (Wildman–Crippen LogP) is 1.99. The third-order valence-corrected chi connectivity index (χ3v) is 3.23. The second kappa shape index (κ2) is 3.80. The summed E-state index contributed by atoms with van der Waals surface area (Å²) in [6.07, 6.45) is 3.97. The van der Waals surface area contributed by atoms with E-state index in [1.165, 1.54) is 5.56 Å². The normalized spacial score (nSPS) is 14.2. The summed E-state index contributed by atoms with van der Waals surface area (Å²) in [4.78, 5) is 4.11. The molecule has 1 aliphatic heterocycles. The number of anilines is 1. The van der Waals surface area contributed by atoms with Gasteiger partial charge in [-0.05, 0) is 36.6 Å². The first-order valence-electron chi connectivity index (χ1n) is 5.79. The van der Waals surface area contributed by atoms with Crippen molar-refractivity contribution in [1.29, 1.82) is 0 Å². The van der Waals surface area contributed by atoms with Crippen LogP contribution in [0.4, 0.5) is 5.95 Å². The number of nitrogens with zero attached hydrogens (tertiary/aromatic N) is 2. The van der Waals surface area contributed by atoms with Crippen molar-refractivity contribution >= 4 is 5.95 Å². The van der Waals surface area contributed by atoms with Crippen molar-refractivity contribution in [2.24, 2.45) is 7.05 Å². The van der Waals surface area contributed by atoms with Crippen LogP contribution in [0.3, 0.4) is 0 Å². The van der Waals surface area contributed by atoms with E-state index in [-0.39, 0.29) is 0 Å². The number of nitrogen functional groups attached to an aromatic ring is 1. The van der Waals surface area contributed by atoms with Gasteiger partial charge >= 0.3 is 0 Å². The molecule has 0 radical (unpaired) electrons. The monoisotopic (exact) mass is 229 g/mol. The van der Waals surface area contributed by atoms with E-state index in [1.54, 1.807) is 6.20 Å². The average Bonchev–Trinajstić information content (AvgIpc) is 2.70. The van der Waals surface area contributed by atoms with Gasteiger partial charge < -0.3 is 15.0 Å². The molecule has 2 heterocycles. The van der Waals surface area contributed by atoms with E-state index < -0.39 is 0 Å². The zero-order chi connectivity index (χ0) is 11.8. The first kappa shape index (κ1) is 10.2. The Hall–Kier alpha value is -1.97. The van der Waals surface area contributed by atoms with Gasteiger partial charge in [-0.25, -0.2) is 4.98 Å². The topological polar surface area (TPSA) is 53.1 Å². The molecule has 0 saturated carbocycles. The maximum absolute atomic E-state index is 5.74. The fourth-order valence-electron chi connectivity index (χ4n) is 2.21. The zero-order valence-electron chi connectivity index (χ0n) is 9.81. The molecule has 17 heavy (non-hydrogen) atoms. The van der Waals surface area contributed by atoms with Crippen molar-refractivity contribution < 1.29 is 4.74 Å². The van der Waals surface area contributed by atoms with Gasteiger partial charge in [-0.1, -0.05) is 0 Å². The third-order valence-electron chi connectivity index (χ3n) is 3.23. The number of ether oxygens (including phenoxy) is 1. The molecular weight excluding hydrogens is 214 g/mol. The average molecular weight is 229 g/mol. The molecule has 1 aromatic carbocycles. The van der Waals surface area contributed by atoms with Crippen molar-refractivity contribution in [3.63, 3.8) is 0 Å². The fourth-order valence-corrected chi connectivity index (χ4v) is 2.21. The minimum absolute atomic E-state index is 0.536. The molecule has 4 nitrogen and oxygen atoms in total. The molecule has 0 spiro atoms. The number of aryl methyl sites for hydroxylation is 1. The Labute approximate surface area is 100 Å². The van der Waals surface area contributed by atoms with Crippen LogP contribution in [-0.4, -0.2) is 16.2 Å². The molecule has 3 rings (SSSR count). The number of aromatic nitrogens is 2. The first-order chi connectivity index (χ1) is 8.25. The summed E-state index contributed by atoms with van der Waals surface area (Å²) in [5, 5.41) is 0. The number of benzene rings is 1. The van der Waals surface area contributed by atoms with Crippen LogP contribution < -0.4 is 10.5 Å². The van der Waals surface area contributed by atoms with E-state index in [4.69, 9.17) is 10.5 Å². The summed E-state index contributed by atoms with van der Waals surface area (Å²) in [6.45, 7) is 0.824. The highest BCUT2D eigenvalue weighted by atomic mass is 16.5. The SMILES string of the molecule is Cn1c(-c2ccc3c(c2)CCCO3)cnc1N. The van der Waals surface area contributed by atoms with Gasteiger partial charge in [-0.2, -0.15) is 0 Å². The Balaban J connectivity index is 2.07. The lowest BCUT2D eigenvalue weighted by atomic mass is 10.0. The van der Waals surface area contributed by atoms with Gasteiger partial charge in [0.1, 0.15) is 5.75 Å². The number of imidazole rings is 1. The molecule has 0 saturated heterocycles. The van der Waals surface area contributed by atoms with Crippen LogP contribution in [0.15, 0.2) is 24.4 Å². The second-order valence-electron chi connectivity index (χ2n) is 4.34. The van der Waals surface area contributed by atoms with Crippen LogP contribution in [0.5, 0.6) is 5.75 Å².